The van der Waals surface area contributed by atoms with Crippen LogP contribution >= 0.6 is 0 Å². The first-order valence-corrected chi connectivity index (χ1v) is 4.29. The van der Waals surface area contributed by atoms with Crippen LogP contribution in [0.5, 0.6) is 0 Å². The van der Waals surface area contributed by atoms with Gasteiger partial charge in [0.1, 0.15) is 0 Å². The molecule has 2 rings (SSSR count). The van der Waals surface area contributed by atoms with Crippen LogP contribution in [0.3, 0.4) is 0 Å². The third-order valence-electron chi connectivity index (χ3n) is 2.18. The van der Waals surface area contributed by atoms with Gasteiger partial charge in [-0.3, -0.25) is 0 Å². The Balaban J connectivity index is 2.66. The summed E-state index contributed by atoms with van der Waals surface area (Å²) in [6.07, 6.45) is 2.64. The minimum atomic E-state index is 0.792. The van der Waals surface area contributed by atoms with E-state index in [-0.39, 0.29) is 0 Å². The number of fused-ring (bicyclic) bond motifs is 1. The van der Waals surface area contributed by atoms with Crippen LogP contribution in [0.4, 0.5) is 5.69 Å². The number of allylic oxidation sites excluding steroid dienone is 1. The largest absolute Gasteiger partial charge is 0.397 e. The van der Waals surface area contributed by atoms with Crippen molar-refractivity contribution < 1.29 is 0 Å². The van der Waals surface area contributed by atoms with Crippen LogP contribution in [0.2, 0.25) is 0 Å². The number of hydrogen-bond donors (Lipinski definition) is 2. The van der Waals surface area contributed by atoms with Gasteiger partial charge in [0.15, 0.2) is 0 Å². The normalized spacial score (nSPS) is 10.5. The van der Waals surface area contributed by atoms with Gasteiger partial charge in [0, 0.05) is 23.0 Å². The Hall–Kier alpha value is -1.70. The van der Waals surface area contributed by atoms with Gasteiger partial charge in [-0.25, -0.2) is 0 Å². The molecule has 66 valence electrons. The van der Waals surface area contributed by atoms with Crippen molar-refractivity contribution in [2.24, 2.45) is 0 Å². The maximum absolute atomic E-state index is 5.95. The van der Waals surface area contributed by atoms with Gasteiger partial charge in [-0.05, 0) is 6.07 Å². The number of benzene rings is 1. The second kappa shape index (κ2) is 2.98. The molecule has 0 spiro atoms. The predicted octanol–water partition coefficient (Wildman–Crippen LogP) is 2.48. The fourth-order valence-corrected chi connectivity index (χ4v) is 1.52. The average molecular weight is 172 g/mol. The van der Waals surface area contributed by atoms with Crippen LogP contribution in [0.1, 0.15) is 5.69 Å². The lowest BCUT2D eigenvalue weighted by atomic mass is 10.2. The molecule has 0 saturated heterocycles. The zero-order valence-corrected chi connectivity index (χ0v) is 7.38. The minimum absolute atomic E-state index is 0.792. The maximum atomic E-state index is 5.95. The lowest BCUT2D eigenvalue weighted by Gasteiger charge is -1.92. The molecule has 0 fully saturated rings. The van der Waals surface area contributed by atoms with Gasteiger partial charge < -0.3 is 10.7 Å². The summed E-state index contributed by atoms with van der Waals surface area (Å²) in [7, 11) is 0. The van der Waals surface area contributed by atoms with Crippen LogP contribution in [0.25, 0.3) is 10.9 Å². The van der Waals surface area contributed by atoms with Gasteiger partial charge in [0.05, 0.1) is 5.69 Å². The Morgan fingerprint density at radius 2 is 2.15 bits per heavy atom. The van der Waals surface area contributed by atoms with E-state index in [1.54, 1.807) is 0 Å². The van der Waals surface area contributed by atoms with Crippen molar-refractivity contribution in [1.82, 2.24) is 4.98 Å². The summed E-state index contributed by atoms with van der Waals surface area (Å²) >= 11 is 0. The van der Waals surface area contributed by atoms with Gasteiger partial charge in [0.2, 0.25) is 0 Å². The Bertz CT molecular complexity index is 440. The molecule has 0 atom stereocenters. The molecule has 1 aromatic heterocycles. The molecule has 0 amide bonds. The van der Waals surface area contributed by atoms with E-state index in [4.69, 9.17) is 5.73 Å². The summed E-state index contributed by atoms with van der Waals surface area (Å²) in [5, 5.41) is 1.10. The molecule has 3 N–H and O–H groups in total. The highest BCUT2D eigenvalue weighted by atomic mass is 14.8. The number of aromatic nitrogens is 1. The van der Waals surface area contributed by atoms with E-state index in [1.807, 2.05) is 30.3 Å². The molecule has 2 aromatic rings. The average Bonchev–Trinajstić information content (AvgIpc) is 2.46. The molecule has 2 nitrogen and oxygen atoms in total. The number of nitrogens with one attached hydrogen (secondary N) is 1. The fraction of sp³-hybridized carbons (Fsp3) is 0.0909. The molecule has 1 heterocycles. The highest BCUT2D eigenvalue weighted by molar-refractivity contribution is 5.93. The molecule has 0 aliphatic carbocycles. The van der Waals surface area contributed by atoms with Gasteiger partial charge in [-0.15, -0.1) is 6.58 Å². The van der Waals surface area contributed by atoms with Crippen molar-refractivity contribution in [3.05, 3.63) is 42.6 Å². The van der Waals surface area contributed by atoms with Crippen LogP contribution in [-0.4, -0.2) is 4.98 Å². The Labute approximate surface area is 77.1 Å². The predicted molar refractivity (Wildman–Crippen MR) is 56.6 cm³/mol. The van der Waals surface area contributed by atoms with E-state index in [0.29, 0.717) is 0 Å². The minimum Gasteiger partial charge on any atom is -0.397 e. The van der Waals surface area contributed by atoms with E-state index in [0.717, 1.165) is 28.7 Å². The molecule has 0 saturated carbocycles. The maximum Gasteiger partial charge on any atom is 0.0608 e. The van der Waals surface area contributed by atoms with E-state index < -0.39 is 0 Å². The Morgan fingerprint density at radius 1 is 1.38 bits per heavy atom. The van der Waals surface area contributed by atoms with Crippen molar-refractivity contribution in [2.45, 2.75) is 6.42 Å². The number of rotatable bonds is 2. The molecule has 0 aliphatic heterocycles. The summed E-state index contributed by atoms with van der Waals surface area (Å²) in [5.74, 6) is 0. The number of nitrogens with two attached hydrogens (primary N) is 1. The Kier molecular flexibility index (Phi) is 1.81. The molecule has 0 bridgehead atoms. The van der Waals surface area contributed by atoms with E-state index >= 15 is 0 Å². The van der Waals surface area contributed by atoms with E-state index in [1.165, 1.54) is 0 Å². The second-order valence-electron chi connectivity index (χ2n) is 3.06. The molecular formula is C11H12N2. The number of anilines is 1. The van der Waals surface area contributed by atoms with E-state index in [9.17, 15) is 0 Å². The Morgan fingerprint density at radius 3 is 2.85 bits per heavy atom. The van der Waals surface area contributed by atoms with Crippen molar-refractivity contribution in [1.29, 1.82) is 0 Å². The summed E-state index contributed by atoms with van der Waals surface area (Å²) in [6.45, 7) is 3.69. The topological polar surface area (TPSA) is 41.8 Å². The number of nitrogen functional groups attached to an aromatic ring is 1. The second-order valence-corrected chi connectivity index (χ2v) is 3.06. The SMILES string of the molecule is C=CCc1[nH]c2ccccc2c1N. The van der Waals surface area contributed by atoms with Crippen molar-refractivity contribution >= 4 is 16.6 Å². The van der Waals surface area contributed by atoms with Gasteiger partial charge >= 0.3 is 0 Å². The van der Waals surface area contributed by atoms with Gasteiger partial charge in [-0.2, -0.15) is 0 Å². The number of aromatic amines is 1. The van der Waals surface area contributed by atoms with Crippen molar-refractivity contribution in [2.75, 3.05) is 5.73 Å². The zero-order valence-electron chi connectivity index (χ0n) is 7.38. The van der Waals surface area contributed by atoms with Gasteiger partial charge in [-0.1, -0.05) is 24.3 Å². The first-order valence-electron chi connectivity index (χ1n) is 4.29. The lowest BCUT2D eigenvalue weighted by Crippen LogP contribution is -1.89. The summed E-state index contributed by atoms with van der Waals surface area (Å²) < 4.78 is 0. The number of para-hydroxylation sites is 1. The summed E-state index contributed by atoms with van der Waals surface area (Å²) in [6, 6.07) is 8.03. The van der Waals surface area contributed by atoms with Crippen molar-refractivity contribution in [3.63, 3.8) is 0 Å². The molecule has 0 radical (unpaired) electrons. The molecule has 13 heavy (non-hydrogen) atoms. The first-order chi connectivity index (χ1) is 6.33. The third kappa shape index (κ3) is 1.20. The highest BCUT2D eigenvalue weighted by Gasteiger charge is 2.04. The summed E-state index contributed by atoms with van der Waals surface area (Å²) in [5.41, 5.74) is 8.94. The molecule has 0 unspecified atom stereocenters. The monoisotopic (exact) mass is 172 g/mol. The highest BCUT2D eigenvalue weighted by Crippen LogP contribution is 2.24. The van der Waals surface area contributed by atoms with Crippen LogP contribution in [0, 0.1) is 0 Å². The quantitative estimate of drug-likeness (QED) is 0.671. The fourth-order valence-electron chi connectivity index (χ4n) is 1.52. The van der Waals surface area contributed by atoms with Crippen LogP contribution in [-0.2, 0) is 6.42 Å². The molecule has 2 heteroatoms. The molecule has 1 aromatic carbocycles. The third-order valence-corrected chi connectivity index (χ3v) is 2.18. The smallest absolute Gasteiger partial charge is 0.0608 e. The van der Waals surface area contributed by atoms with E-state index in [2.05, 4.69) is 11.6 Å². The molecule has 0 aliphatic rings. The van der Waals surface area contributed by atoms with Crippen LogP contribution in [0.15, 0.2) is 36.9 Å². The van der Waals surface area contributed by atoms with Crippen LogP contribution < -0.4 is 5.73 Å². The zero-order chi connectivity index (χ0) is 9.26. The van der Waals surface area contributed by atoms with Crippen molar-refractivity contribution in [3.8, 4) is 0 Å². The number of hydrogen-bond acceptors (Lipinski definition) is 1. The lowest BCUT2D eigenvalue weighted by molar-refractivity contribution is 1.18. The standard InChI is InChI=1S/C11H12N2/c1-2-5-10-11(12)8-6-3-4-7-9(8)13-10/h2-4,6-7,13H,1,5,12H2. The van der Waals surface area contributed by atoms with Gasteiger partial charge in [0.25, 0.3) is 0 Å². The number of H-pyrrole nitrogens is 1. The molecular weight excluding hydrogens is 160 g/mol. The first kappa shape index (κ1) is 7.92. The summed E-state index contributed by atoms with van der Waals surface area (Å²) in [4.78, 5) is 3.27.